The summed E-state index contributed by atoms with van der Waals surface area (Å²) in [4.78, 5) is 23.6. The fourth-order valence-electron chi connectivity index (χ4n) is 3.85. The lowest BCUT2D eigenvalue weighted by molar-refractivity contribution is -0.0177. The predicted octanol–water partition coefficient (Wildman–Crippen LogP) is 3.82. The Morgan fingerprint density at radius 3 is 3.00 bits per heavy atom. The van der Waals surface area contributed by atoms with E-state index in [0.717, 1.165) is 34.4 Å². The second-order valence-electron chi connectivity index (χ2n) is 7.28. The van der Waals surface area contributed by atoms with Crippen molar-refractivity contribution in [1.82, 2.24) is 14.9 Å². The number of aromatic nitrogens is 1. The molecule has 1 aromatic heterocycles. The summed E-state index contributed by atoms with van der Waals surface area (Å²) in [5.74, 6) is 0.700. The summed E-state index contributed by atoms with van der Waals surface area (Å²) in [5, 5.41) is 10.1. The van der Waals surface area contributed by atoms with Crippen LogP contribution < -0.4 is 4.74 Å². The first-order chi connectivity index (χ1) is 15.1. The lowest BCUT2D eigenvalue weighted by Gasteiger charge is -2.20. The average molecular weight is 414 g/mol. The van der Waals surface area contributed by atoms with E-state index in [1.807, 2.05) is 42.5 Å². The molecule has 31 heavy (non-hydrogen) atoms. The maximum Gasteiger partial charge on any atom is 0.314 e. The van der Waals surface area contributed by atoms with Crippen LogP contribution in [0.15, 0.2) is 66.5 Å². The Kier molecular flexibility index (Phi) is 5.72. The van der Waals surface area contributed by atoms with Gasteiger partial charge in [0, 0.05) is 25.0 Å². The molecule has 7 heteroatoms. The van der Waals surface area contributed by atoms with Crippen molar-refractivity contribution in [3.8, 4) is 12.0 Å². The van der Waals surface area contributed by atoms with Crippen LogP contribution in [0.25, 0.3) is 5.57 Å². The summed E-state index contributed by atoms with van der Waals surface area (Å²) < 4.78 is 5.66. The highest BCUT2D eigenvalue weighted by atomic mass is 16.7. The quantitative estimate of drug-likeness (QED) is 0.528. The number of nitrogens with zero attached hydrogens (tertiary/aromatic N) is 4. The van der Waals surface area contributed by atoms with E-state index in [-0.39, 0.29) is 5.91 Å². The summed E-state index contributed by atoms with van der Waals surface area (Å²) in [6, 6.07) is 9.59. The van der Waals surface area contributed by atoms with E-state index in [0.29, 0.717) is 24.4 Å². The zero-order valence-electron chi connectivity index (χ0n) is 17.4. The number of rotatable bonds is 6. The molecule has 0 fully saturated rings. The molecule has 0 spiro atoms. The molecule has 0 N–H and O–H groups in total. The van der Waals surface area contributed by atoms with Crippen LogP contribution in [-0.2, 0) is 17.9 Å². The Hall–Kier alpha value is -4.05. The van der Waals surface area contributed by atoms with Gasteiger partial charge in [-0.1, -0.05) is 30.4 Å². The zero-order chi connectivity index (χ0) is 21.8. The van der Waals surface area contributed by atoms with Crippen LogP contribution in [0.4, 0.5) is 0 Å². The highest BCUT2D eigenvalue weighted by Gasteiger charge is 2.28. The SMILES string of the molecule is COc1cc(C2=CC=CC/C2=C\N(C)OC#N)ccc1CN1Cc2ncccc2C1=O. The Bertz CT molecular complexity index is 1140. The van der Waals surface area contributed by atoms with Gasteiger partial charge in [0.15, 0.2) is 0 Å². The minimum absolute atomic E-state index is 0.0138. The van der Waals surface area contributed by atoms with Crippen LogP contribution in [0, 0.1) is 11.5 Å². The Morgan fingerprint density at radius 1 is 1.35 bits per heavy atom. The number of nitriles is 1. The topological polar surface area (TPSA) is 78.7 Å². The van der Waals surface area contributed by atoms with Crippen molar-refractivity contribution >= 4 is 11.5 Å². The zero-order valence-corrected chi connectivity index (χ0v) is 17.4. The summed E-state index contributed by atoms with van der Waals surface area (Å²) in [7, 11) is 3.31. The highest BCUT2D eigenvalue weighted by molar-refractivity contribution is 5.97. The first-order valence-electron chi connectivity index (χ1n) is 9.88. The smallest absolute Gasteiger partial charge is 0.314 e. The van der Waals surface area contributed by atoms with Crippen LogP contribution in [0.1, 0.15) is 33.6 Å². The van der Waals surface area contributed by atoms with Crippen molar-refractivity contribution in [1.29, 1.82) is 5.26 Å². The molecule has 7 nitrogen and oxygen atoms in total. The number of ether oxygens (including phenoxy) is 1. The highest BCUT2D eigenvalue weighted by Crippen LogP contribution is 2.34. The van der Waals surface area contributed by atoms with Crippen molar-refractivity contribution in [2.75, 3.05) is 14.2 Å². The second-order valence-corrected chi connectivity index (χ2v) is 7.28. The molecule has 0 atom stereocenters. The van der Waals surface area contributed by atoms with Crippen molar-refractivity contribution in [2.24, 2.45) is 0 Å². The van der Waals surface area contributed by atoms with Gasteiger partial charge in [-0.15, -0.1) is 5.26 Å². The van der Waals surface area contributed by atoms with Gasteiger partial charge in [-0.25, -0.2) is 5.06 Å². The van der Waals surface area contributed by atoms with E-state index in [4.69, 9.17) is 14.8 Å². The predicted molar refractivity (Wildman–Crippen MR) is 115 cm³/mol. The van der Waals surface area contributed by atoms with E-state index >= 15 is 0 Å². The third-order valence-electron chi connectivity index (χ3n) is 5.31. The number of fused-ring (bicyclic) bond motifs is 1. The number of hydrogen-bond donors (Lipinski definition) is 0. The molecule has 1 aromatic carbocycles. The third kappa shape index (κ3) is 4.14. The van der Waals surface area contributed by atoms with Crippen LogP contribution in [0.5, 0.6) is 5.75 Å². The van der Waals surface area contributed by atoms with Crippen LogP contribution in [0.3, 0.4) is 0 Å². The first-order valence-corrected chi connectivity index (χ1v) is 9.88. The number of amides is 1. The molecule has 0 saturated carbocycles. The molecule has 4 rings (SSSR count). The maximum absolute atomic E-state index is 12.7. The van der Waals surface area contributed by atoms with Gasteiger partial charge < -0.3 is 9.64 Å². The Labute approximate surface area is 181 Å². The van der Waals surface area contributed by atoms with Gasteiger partial charge in [0.1, 0.15) is 5.75 Å². The van der Waals surface area contributed by atoms with Crippen molar-refractivity contribution in [3.63, 3.8) is 0 Å². The van der Waals surface area contributed by atoms with E-state index in [2.05, 4.69) is 4.98 Å². The largest absolute Gasteiger partial charge is 0.496 e. The minimum atomic E-state index is -0.0138. The second kappa shape index (κ2) is 8.76. The van der Waals surface area contributed by atoms with Crippen LogP contribution >= 0.6 is 0 Å². The van der Waals surface area contributed by atoms with E-state index in [9.17, 15) is 4.79 Å². The summed E-state index contributed by atoms with van der Waals surface area (Å²) >= 11 is 0. The van der Waals surface area contributed by atoms with Gasteiger partial charge in [0.25, 0.3) is 5.91 Å². The summed E-state index contributed by atoms with van der Waals surface area (Å²) in [6.07, 6.45) is 12.0. The molecule has 0 unspecified atom stereocenters. The van der Waals surface area contributed by atoms with Gasteiger partial charge in [-0.3, -0.25) is 14.6 Å². The van der Waals surface area contributed by atoms with Gasteiger partial charge in [0.05, 0.1) is 31.5 Å². The van der Waals surface area contributed by atoms with Crippen molar-refractivity contribution in [3.05, 3.63) is 88.9 Å². The number of pyridine rings is 1. The Balaban J connectivity index is 1.59. The van der Waals surface area contributed by atoms with E-state index < -0.39 is 0 Å². The first kappa shape index (κ1) is 20.2. The molecular weight excluding hydrogens is 392 g/mol. The lowest BCUT2D eigenvalue weighted by atomic mass is 9.91. The lowest BCUT2D eigenvalue weighted by Crippen LogP contribution is -2.23. The normalized spacial score (nSPS) is 16.0. The van der Waals surface area contributed by atoms with E-state index in [1.165, 1.54) is 5.06 Å². The molecule has 1 aliphatic carbocycles. The minimum Gasteiger partial charge on any atom is -0.496 e. The number of hydroxylamine groups is 2. The maximum atomic E-state index is 12.7. The molecule has 2 aliphatic rings. The fourth-order valence-corrected chi connectivity index (χ4v) is 3.85. The molecular formula is C24H22N4O3. The van der Waals surface area contributed by atoms with Gasteiger partial charge in [-0.2, -0.15) is 0 Å². The number of carbonyl (C=O) groups is 1. The molecule has 1 aliphatic heterocycles. The summed E-state index contributed by atoms with van der Waals surface area (Å²) in [6.45, 7) is 0.938. The standard InChI is InChI=1S/C24H22N4O3/c1-27(31-16-25)13-18-6-3-4-7-20(18)17-9-10-19(23(12-17)30-2)14-28-15-22-21(24(28)29)8-5-11-26-22/h3-5,7-13H,6,14-15H2,1-2H3/b18-13+. The van der Waals surface area contributed by atoms with Crippen LogP contribution in [0.2, 0.25) is 0 Å². The molecule has 1 amide bonds. The number of allylic oxidation sites excluding steroid dienone is 5. The van der Waals surface area contributed by atoms with Gasteiger partial charge >= 0.3 is 6.26 Å². The number of hydrogen-bond acceptors (Lipinski definition) is 6. The molecule has 156 valence electrons. The van der Waals surface area contributed by atoms with Crippen molar-refractivity contribution in [2.45, 2.75) is 19.5 Å². The monoisotopic (exact) mass is 414 g/mol. The molecule has 0 radical (unpaired) electrons. The molecule has 0 bridgehead atoms. The molecule has 2 aromatic rings. The number of carbonyl (C=O) groups excluding carboxylic acids is 1. The average Bonchev–Trinajstić information content (AvgIpc) is 3.10. The summed E-state index contributed by atoms with van der Waals surface area (Å²) in [5.41, 5.74) is 5.42. The number of methoxy groups -OCH3 is 1. The third-order valence-corrected chi connectivity index (χ3v) is 5.31. The van der Waals surface area contributed by atoms with Gasteiger partial charge in [0.2, 0.25) is 0 Å². The number of benzene rings is 1. The van der Waals surface area contributed by atoms with Crippen LogP contribution in [-0.4, -0.2) is 35.0 Å². The van der Waals surface area contributed by atoms with E-state index in [1.54, 1.807) is 43.8 Å². The molecule has 0 saturated heterocycles. The Morgan fingerprint density at radius 2 is 2.23 bits per heavy atom. The van der Waals surface area contributed by atoms with Gasteiger partial charge in [-0.05, 0) is 41.3 Å². The van der Waals surface area contributed by atoms with Crippen molar-refractivity contribution < 1.29 is 14.4 Å². The fraction of sp³-hybridized carbons (Fsp3) is 0.208. The molecule has 2 heterocycles.